The predicted octanol–water partition coefficient (Wildman–Crippen LogP) is 3.80. The highest BCUT2D eigenvalue weighted by Crippen LogP contribution is 2.76. The molecule has 11 rings (SSSR count). The molecule has 63 heavy (non-hydrogen) atoms. The van der Waals surface area contributed by atoms with Gasteiger partial charge in [0.25, 0.3) is 0 Å². The Morgan fingerprint density at radius 3 is 1.71 bits per heavy atom. The molecule has 0 spiro atoms. The molecular weight excluding hydrogens is 805 g/mol. The molecule has 0 aromatic heterocycles. The van der Waals surface area contributed by atoms with Gasteiger partial charge in [-0.15, -0.1) is 0 Å². The van der Waals surface area contributed by atoms with Crippen molar-refractivity contribution in [2.45, 2.75) is 170 Å². The lowest BCUT2D eigenvalue weighted by Gasteiger charge is -2.34. The molecule has 7 saturated heterocycles. The van der Waals surface area contributed by atoms with Gasteiger partial charge in [-0.25, -0.2) is 0 Å². The maximum atomic E-state index is 12.3. The summed E-state index contributed by atoms with van der Waals surface area (Å²) in [5.41, 5.74) is -0.123. The van der Waals surface area contributed by atoms with E-state index in [1.165, 1.54) is 0 Å². The van der Waals surface area contributed by atoms with Crippen LogP contribution in [0.4, 0.5) is 0 Å². The summed E-state index contributed by atoms with van der Waals surface area (Å²) in [6.45, 7) is 35.4. The van der Waals surface area contributed by atoms with Crippen molar-refractivity contribution in [3.63, 3.8) is 0 Å². The highest BCUT2D eigenvalue weighted by molar-refractivity contribution is 5.93. The second kappa shape index (κ2) is 15.4. The van der Waals surface area contributed by atoms with Gasteiger partial charge in [-0.2, -0.15) is 0 Å². The number of nitrogens with one attached hydrogen (secondary N) is 1. The molecule has 5 amide bonds. The van der Waals surface area contributed by atoms with E-state index in [0.717, 1.165) is 5.57 Å². The maximum absolute atomic E-state index is 12.3. The third-order valence-corrected chi connectivity index (χ3v) is 17.2. The number of aliphatic hydroxyl groups is 1. The van der Waals surface area contributed by atoms with Gasteiger partial charge in [-0.3, -0.25) is 24.0 Å². The van der Waals surface area contributed by atoms with Gasteiger partial charge >= 0.3 is 0 Å². The van der Waals surface area contributed by atoms with E-state index in [4.69, 9.17) is 24.1 Å². The lowest BCUT2D eigenvalue weighted by molar-refractivity contribution is -0.146. The van der Waals surface area contributed by atoms with E-state index in [0.29, 0.717) is 56.8 Å². The minimum absolute atomic E-state index is 0. The average Bonchev–Trinajstić information content (AvgIpc) is 3.87. The van der Waals surface area contributed by atoms with E-state index in [2.05, 4.69) is 53.8 Å². The first-order valence-corrected chi connectivity index (χ1v) is 22.5. The Labute approximate surface area is 376 Å². The molecule has 2 aliphatic carbocycles. The van der Waals surface area contributed by atoms with Gasteiger partial charge in [0, 0.05) is 37.8 Å². The molecule has 2 N–H and O–H groups in total. The summed E-state index contributed by atoms with van der Waals surface area (Å²) < 4.78 is 22.2. The van der Waals surface area contributed by atoms with Crippen LogP contribution in [0.2, 0.25) is 0 Å². The topological polar surface area (TPSA) is 167 Å². The molecular formula is C47H73BN5O10. The first-order valence-electron chi connectivity index (χ1n) is 22.5. The highest BCUT2D eigenvalue weighted by atomic mass is 16.5. The van der Waals surface area contributed by atoms with Crippen LogP contribution >= 0.6 is 0 Å². The average molecular weight is 879 g/mol. The number of amides is 5. The third kappa shape index (κ3) is 7.22. The fraction of sp³-hybridized carbons (Fsp3) is 0.809. The second-order valence-electron chi connectivity index (χ2n) is 22.6. The Bertz CT molecular complexity index is 1970. The van der Waals surface area contributed by atoms with Gasteiger partial charge in [0.1, 0.15) is 22.9 Å². The van der Waals surface area contributed by atoms with Crippen LogP contribution in [0.25, 0.3) is 0 Å². The number of aliphatic hydroxyl groups excluding tert-OH is 1. The zero-order valence-electron chi connectivity index (χ0n) is 40.6. The SMILES string of the molecule is CC1(C)C2C(=O)NC(CO)C21C.CC1(C)OCC2C=CC(=O)N21.CC1(C)OCC2N1C(=O)C1C(C)(C)C21C.CC1=CC(=O)N2C1COC2(C)C.CC1CC(=O)N2C1COC2(C)C.[B]. The van der Waals surface area contributed by atoms with E-state index in [1.54, 1.807) is 17.1 Å². The Balaban J connectivity index is 0.000000131. The minimum Gasteiger partial charge on any atom is -0.394 e. The largest absolute Gasteiger partial charge is 0.394 e. The molecule has 10 unspecified atom stereocenters. The molecule has 16 heteroatoms. The number of piperidine rings is 2. The molecule has 0 aromatic carbocycles. The number of ether oxygens (including phenoxy) is 4. The first kappa shape index (κ1) is 49.1. The standard InChI is InChI=1S/C12H19NO2.C9H15NO2.C9H13NO2.C9H15NO2.C8H11NO2.B/c1-10(2)8-9(14)13-7(12(8,10)5)6-15-11(13,3)4;2*1-6-4-8(11)10-7(6)5-12-9(10,2)3;1-8(2)6-7(12)10-5(4-11)9(6,8)3;1-8(2)9-6(5-11-8)3-4-7(9)10;/h7-8H,6H2,1-5H3;6-7H,4-5H2,1-3H3;4,7H,5H2,1-3H3;5-6,11H,4H2,1-3H3,(H,10,12);3-4,6H,5H2,1-2H3;. The summed E-state index contributed by atoms with van der Waals surface area (Å²) in [4.78, 5) is 65.4. The number of hydrogen-bond acceptors (Lipinski definition) is 10. The zero-order chi connectivity index (χ0) is 46.3. The molecule has 9 aliphatic heterocycles. The van der Waals surface area contributed by atoms with E-state index < -0.39 is 17.2 Å². The summed E-state index contributed by atoms with van der Waals surface area (Å²) in [6, 6.07) is 0.947. The third-order valence-electron chi connectivity index (χ3n) is 17.2. The van der Waals surface area contributed by atoms with Crippen LogP contribution < -0.4 is 5.32 Å². The summed E-state index contributed by atoms with van der Waals surface area (Å²) >= 11 is 0. The fourth-order valence-electron chi connectivity index (χ4n) is 12.7. The van der Waals surface area contributed by atoms with Gasteiger partial charge in [-0.1, -0.05) is 54.5 Å². The van der Waals surface area contributed by atoms with Gasteiger partial charge < -0.3 is 49.0 Å². The molecule has 9 fully saturated rings. The van der Waals surface area contributed by atoms with Crippen molar-refractivity contribution in [1.82, 2.24) is 24.9 Å². The van der Waals surface area contributed by atoms with Crippen molar-refractivity contribution in [1.29, 1.82) is 0 Å². The van der Waals surface area contributed by atoms with Crippen molar-refractivity contribution >= 4 is 37.9 Å². The van der Waals surface area contributed by atoms with Crippen LogP contribution in [0.1, 0.15) is 117 Å². The molecule has 9 heterocycles. The lowest BCUT2D eigenvalue weighted by Crippen LogP contribution is -2.48. The van der Waals surface area contributed by atoms with Gasteiger partial charge in [0.05, 0.1) is 75.1 Å². The van der Waals surface area contributed by atoms with Crippen LogP contribution in [-0.4, -0.2) is 149 Å². The lowest BCUT2D eigenvalue weighted by atomic mass is 9.90. The smallest absolute Gasteiger partial charge is 0.249 e. The van der Waals surface area contributed by atoms with Crippen molar-refractivity contribution in [2.75, 3.05) is 33.0 Å². The predicted molar refractivity (Wildman–Crippen MR) is 235 cm³/mol. The van der Waals surface area contributed by atoms with E-state index >= 15 is 0 Å². The van der Waals surface area contributed by atoms with E-state index in [1.807, 2.05) is 83.1 Å². The Hall–Kier alpha value is -3.31. The van der Waals surface area contributed by atoms with Crippen LogP contribution in [0.3, 0.4) is 0 Å². The quantitative estimate of drug-likeness (QED) is 0.370. The number of hydrogen-bond donors (Lipinski definition) is 2. The fourth-order valence-corrected chi connectivity index (χ4v) is 12.7. The number of fused-ring (bicyclic) bond motifs is 7. The maximum Gasteiger partial charge on any atom is 0.249 e. The summed E-state index contributed by atoms with van der Waals surface area (Å²) in [5.74, 6) is 1.60. The molecule has 3 radical (unpaired) electrons. The molecule has 0 bridgehead atoms. The summed E-state index contributed by atoms with van der Waals surface area (Å²) in [5, 5.41) is 11.9. The van der Waals surface area contributed by atoms with Crippen molar-refractivity contribution < 1.29 is 48.0 Å². The number of carbonyl (C=O) groups excluding carboxylic acids is 5. The van der Waals surface area contributed by atoms with Gasteiger partial charge in [-0.05, 0) is 84.6 Å². The van der Waals surface area contributed by atoms with Crippen LogP contribution in [0.15, 0.2) is 23.8 Å². The van der Waals surface area contributed by atoms with Crippen molar-refractivity contribution in [2.24, 2.45) is 39.4 Å². The van der Waals surface area contributed by atoms with Gasteiger partial charge in [0.15, 0.2) is 0 Å². The Morgan fingerprint density at radius 1 is 0.667 bits per heavy atom. The molecule has 2 saturated carbocycles. The molecule has 15 nitrogen and oxygen atoms in total. The molecule has 10 atom stereocenters. The molecule has 349 valence electrons. The molecule has 0 aromatic rings. The summed E-state index contributed by atoms with van der Waals surface area (Å²) in [6.07, 6.45) is 5.92. The highest BCUT2D eigenvalue weighted by Gasteiger charge is 2.82. The number of rotatable bonds is 1. The van der Waals surface area contributed by atoms with E-state index in [-0.39, 0.29) is 96.0 Å². The summed E-state index contributed by atoms with van der Waals surface area (Å²) in [7, 11) is 0. The first-order chi connectivity index (χ1) is 28.4. The number of nitrogens with zero attached hydrogens (tertiary/aromatic N) is 4. The van der Waals surface area contributed by atoms with Crippen LogP contribution in [-0.2, 0) is 42.9 Å². The molecule has 11 aliphatic rings. The Kier molecular flexibility index (Phi) is 12.0. The van der Waals surface area contributed by atoms with Crippen LogP contribution in [0, 0.1) is 39.4 Å². The normalized spacial score (nSPS) is 40.3. The van der Waals surface area contributed by atoms with Crippen LogP contribution in [0.5, 0.6) is 0 Å². The number of carbonyl (C=O) groups is 5. The minimum atomic E-state index is -0.421. The second-order valence-corrected chi connectivity index (χ2v) is 22.6. The van der Waals surface area contributed by atoms with E-state index in [9.17, 15) is 24.0 Å². The van der Waals surface area contributed by atoms with Crippen molar-refractivity contribution in [3.05, 3.63) is 23.8 Å². The zero-order valence-corrected chi connectivity index (χ0v) is 40.6. The van der Waals surface area contributed by atoms with Gasteiger partial charge in [0.2, 0.25) is 29.5 Å². The monoisotopic (exact) mass is 879 g/mol. The Morgan fingerprint density at radius 2 is 1.19 bits per heavy atom. The van der Waals surface area contributed by atoms with Crippen molar-refractivity contribution in [3.8, 4) is 0 Å².